The van der Waals surface area contributed by atoms with Crippen LogP contribution in [0.25, 0.3) is 22.2 Å². The smallest absolute Gasteiger partial charge is 0.335 e. The van der Waals surface area contributed by atoms with Crippen LogP contribution in [0.1, 0.15) is 20.8 Å². The van der Waals surface area contributed by atoms with E-state index in [1.165, 1.54) is 23.0 Å². The standard InChI is InChI=1S/C20H12FN3O3/c21-15-11-12(20(26)27)8-9-13(15)18-14-5-1-2-7-17(14)24(23-18)19(25)16-6-3-4-10-22-16/h1-11H,(H,26,27). The number of nitrogens with zero attached hydrogens (tertiary/aromatic N) is 3. The van der Waals surface area contributed by atoms with Gasteiger partial charge in [0.05, 0.1) is 11.1 Å². The Labute approximate surface area is 152 Å². The number of hydrogen-bond acceptors (Lipinski definition) is 4. The third-order valence-electron chi connectivity index (χ3n) is 4.13. The van der Waals surface area contributed by atoms with Crippen molar-refractivity contribution >= 4 is 22.8 Å². The molecule has 0 saturated carbocycles. The second kappa shape index (κ2) is 6.45. The lowest BCUT2D eigenvalue weighted by Gasteiger charge is -2.02. The predicted molar refractivity (Wildman–Crippen MR) is 96.1 cm³/mol. The molecule has 6 nitrogen and oxygen atoms in total. The van der Waals surface area contributed by atoms with Crippen molar-refractivity contribution in [3.63, 3.8) is 0 Å². The van der Waals surface area contributed by atoms with Gasteiger partial charge >= 0.3 is 5.97 Å². The van der Waals surface area contributed by atoms with Crippen molar-refractivity contribution in [1.82, 2.24) is 14.8 Å². The van der Waals surface area contributed by atoms with Crippen molar-refractivity contribution in [3.8, 4) is 11.3 Å². The molecule has 1 N–H and O–H groups in total. The van der Waals surface area contributed by atoms with Gasteiger partial charge < -0.3 is 5.11 Å². The molecule has 132 valence electrons. The topological polar surface area (TPSA) is 85.1 Å². The van der Waals surface area contributed by atoms with E-state index in [1.807, 2.05) is 0 Å². The lowest BCUT2D eigenvalue weighted by Crippen LogP contribution is -2.15. The minimum atomic E-state index is -1.22. The van der Waals surface area contributed by atoms with E-state index in [9.17, 15) is 14.0 Å². The molecule has 0 bridgehead atoms. The van der Waals surface area contributed by atoms with E-state index in [0.717, 1.165) is 6.07 Å². The van der Waals surface area contributed by atoms with Crippen molar-refractivity contribution < 1.29 is 19.1 Å². The Balaban J connectivity index is 1.91. The normalized spacial score (nSPS) is 10.9. The molecule has 0 aliphatic carbocycles. The van der Waals surface area contributed by atoms with Crippen molar-refractivity contribution in [3.05, 3.63) is 83.9 Å². The molecule has 0 atom stereocenters. The van der Waals surface area contributed by atoms with Crippen molar-refractivity contribution in [2.24, 2.45) is 0 Å². The van der Waals surface area contributed by atoms with Gasteiger partial charge in [-0.25, -0.2) is 9.18 Å². The second-order valence-corrected chi connectivity index (χ2v) is 5.80. The largest absolute Gasteiger partial charge is 0.478 e. The number of carbonyl (C=O) groups is 2. The highest BCUT2D eigenvalue weighted by molar-refractivity contribution is 6.03. The highest BCUT2D eigenvalue weighted by Gasteiger charge is 2.21. The molecule has 0 saturated heterocycles. The number of rotatable bonds is 3. The Morgan fingerprint density at radius 1 is 1.00 bits per heavy atom. The van der Waals surface area contributed by atoms with Crippen LogP contribution in [0.2, 0.25) is 0 Å². The van der Waals surface area contributed by atoms with E-state index >= 15 is 0 Å². The number of hydrogen-bond donors (Lipinski definition) is 1. The summed E-state index contributed by atoms with van der Waals surface area (Å²) in [7, 11) is 0. The molecule has 4 rings (SSSR count). The lowest BCUT2D eigenvalue weighted by atomic mass is 10.1. The molecule has 2 aromatic carbocycles. The number of para-hydroxylation sites is 1. The summed E-state index contributed by atoms with van der Waals surface area (Å²) in [5.41, 5.74) is 0.918. The Hall–Kier alpha value is -3.87. The molecular weight excluding hydrogens is 349 g/mol. The zero-order valence-corrected chi connectivity index (χ0v) is 13.8. The van der Waals surface area contributed by atoms with Crippen LogP contribution in [0.15, 0.2) is 66.9 Å². The quantitative estimate of drug-likeness (QED) is 0.602. The van der Waals surface area contributed by atoms with Gasteiger partial charge in [0.2, 0.25) is 0 Å². The van der Waals surface area contributed by atoms with Gasteiger partial charge in [-0.2, -0.15) is 9.78 Å². The fourth-order valence-electron chi connectivity index (χ4n) is 2.86. The molecule has 0 fully saturated rings. The van der Waals surface area contributed by atoms with Gasteiger partial charge in [-0.1, -0.05) is 24.3 Å². The number of aromatic carboxylic acids is 1. The average molecular weight is 361 g/mol. The van der Waals surface area contributed by atoms with Crippen LogP contribution in [0, 0.1) is 5.82 Å². The Kier molecular flexibility index (Phi) is 3.97. The number of halogens is 1. The Morgan fingerprint density at radius 3 is 2.48 bits per heavy atom. The first kappa shape index (κ1) is 16.6. The molecule has 0 amide bonds. The van der Waals surface area contributed by atoms with Crippen molar-refractivity contribution in [2.45, 2.75) is 0 Å². The highest BCUT2D eigenvalue weighted by Crippen LogP contribution is 2.30. The van der Waals surface area contributed by atoms with Crippen LogP contribution in [0.3, 0.4) is 0 Å². The SMILES string of the molecule is O=C(O)c1ccc(-c2nn(C(=O)c3ccccn3)c3ccccc23)c(F)c1. The molecular formula is C20H12FN3O3. The molecule has 2 heterocycles. The van der Waals surface area contributed by atoms with Crippen LogP contribution in [-0.4, -0.2) is 31.7 Å². The fourth-order valence-corrected chi connectivity index (χ4v) is 2.86. The average Bonchev–Trinajstić information content (AvgIpc) is 3.07. The van der Waals surface area contributed by atoms with E-state index in [2.05, 4.69) is 10.1 Å². The van der Waals surface area contributed by atoms with E-state index in [0.29, 0.717) is 10.9 Å². The zero-order chi connectivity index (χ0) is 19.0. The zero-order valence-electron chi connectivity index (χ0n) is 13.8. The number of carboxylic acid groups (broad SMARTS) is 1. The summed E-state index contributed by atoms with van der Waals surface area (Å²) in [6.45, 7) is 0. The number of carboxylic acids is 1. The maximum Gasteiger partial charge on any atom is 0.335 e. The lowest BCUT2D eigenvalue weighted by molar-refractivity contribution is 0.0696. The maximum atomic E-state index is 14.5. The number of pyridine rings is 1. The Bertz CT molecular complexity index is 1190. The number of fused-ring (bicyclic) bond motifs is 1. The summed E-state index contributed by atoms with van der Waals surface area (Å²) in [6, 6.07) is 15.5. The predicted octanol–water partition coefficient (Wildman–Crippen LogP) is 3.62. The van der Waals surface area contributed by atoms with E-state index < -0.39 is 17.7 Å². The molecule has 4 aromatic rings. The first-order valence-electron chi connectivity index (χ1n) is 8.03. The summed E-state index contributed by atoms with van der Waals surface area (Å²) in [5.74, 6) is -2.39. The molecule has 0 radical (unpaired) electrons. The first-order chi connectivity index (χ1) is 13.1. The van der Waals surface area contributed by atoms with Gasteiger partial charge in [-0.05, 0) is 36.4 Å². The van der Waals surface area contributed by atoms with Crippen LogP contribution in [0.5, 0.6) is 0 Å². The fraction of sp³-hybridized carbons (Fsp3) is 0. The molecule has 0 aliphatic rings. The summed E-state index contributed by atoms with van der Waals surface area (Å²) in [4.78, 5) is 27.9. The van der Waals surface area contributed by atoms with E-state index in [-0.39, 0.29) is 22.5 Å². The number of carbonyl (C=O) groups excluding carboxylic acids is 1. The molecule has 0 aliphatic heterocycles. The summed E-state index contributed by atoms with van der Waals surface area (Å²) < 4.78 is 15.7. The highest BCUT2D eigenvalue weighted by atomic mass is 19.1. The van der Waals surface area contributed by atoms with E-state index in [4.69, 9.17) is 5.11 Å². The third-order valence-corrected chi connectivity index (χ3v) is 4.13. The van der Waals surface area contributed by atoms with Gasteiger partial charge in [0.25, 0.3) is 5.91 Å². The van der Waals surface area contributed by atoms with Gasteiger partial charge in [0, 0.05) is 17.1 Å². The number of benzene rings is 2. The Morgan fingerprint density at radius 2 is 1.78 bits per heavy atom. The van der Waals surface area contributed by atoms with Gasteiger partial charge in [0.15, 0.2) is 0 Å². The monoisotopic (exact) mass is 361 g/mol. The van der Waals surface area contributed by atoms with Crippen LogP contribution in [-0.2, 0) is 0 Å². The maximum absolute atomic E-state index is 14.5. The molecule has 2 aromatic heterocycles. The second-order valence-electron chi connectivity index (χ2n) is 5.80. The van der Waals surface area contributed by atoms with Crippen molar-refractivity contribution in [1.29, 1.82) is 0 Å². The van der Waals surface area contributed by atoms with E-state index in [1.54, 1.807) is 42.5 Å². The minimum absolute atomic E-state index is 0.115. The molecule has 0 spiro atoms. The van der Waals surface area contributed by atoms with Crippen LogP contribution < -0.4 is 0 Å². The first-order valence-corrected chi connectivity index (χ1v) is 8.03. The summed E-state index contributed by atoms with van der Waals surface area (Å²) in [6.07, 6.45) is 1.50. The van der Waals surface area contributed by atoms with Gasteiger partial charge in [0.1, 0.15) is 17.2 Å². The number of aromatic nitrogens is 3. The minimum Gasteiger partial charge on any atom is -0.478 e. The van der Waals surface area contributed by atoms with Gasteiger partial charge in [-0.3, -0.25) is 9.78 Å². The summed E-state index contributed by atoms with van der Waals surface area (Å²) >= 11 is 0. The molecule has 7 heteroatoms. The molecule has 27 heavy (non-hydrogen) atoms. The summed E-state index contributed by atoms with van der Waals surface area (Å²) in [5, 5.41) is 13.9. The third kappa shape index (κ3) is 2.85. The van der Waals surface area contributed by atoms with Gasteiger partial charge in [-0.15, -0.1) is 0 Å². The van der Waals surface area contributed by atoms with Crippen LogP contribution >= 0.6 is 0 Å². The van der Waals surface area contributed by atoms with Crippen LogP contribution in [0.4, 0.5) is 4.39 Å². The molecule has 0 unspecified atom stereocenters. The van der Waals surface area contributed by atoms with Crippen molar-refractivity contribution in [2.75, 3.05) is 0 Å².